The molecular formula is C14H20FNO2. The van der Waals surface area contributed by atoms with Crippen molar-refractivity contribution in [2.75, 3.05) is 14.2 Å². The summed E-state index contributed by atoms with van der Waals surface area (Å²) in [5.41, 5.74) is 0.636. The Balaban J connectivity index is 2.22. The monoisotopic (exact) mass is 253 g/mol. The lowest BCUT2D eigenvalue weighted by Gasteiger charge is -2.24. The van der Waals surface area contributed by atoms with Crippen LogP contribution in [0.4, 0.5) is 4.39 Å². The lowest BCUT2D eigenvalue weighted by molar-refractivity contribution is 0.0325. The highest BCUT2D eigenvalue weighted by molar-refractivity contribution is 5.31. The Bertz CT molecular complexity index is 411. The van der Waals surface area contributed by atoms with Crippen LogP contribution in [-0.4, -0.2) is 26.4 Å². The zero-order valence-corrected chi connectivity index (χ0v) is 11.1. The fourth-order valence-corrected chi connectivity index (χ4v) is 2.51. The number of halogens is 1. The van der Waals surface area contributed by atoms with Crippen LogP contribution in [0.25, 0.3) is 0 Å². The van der Waals surface area contributed by atoms with Gasteiger partial charge in [0.25, 0.3) is 0 Å². The molecule has 2 rings (SSSR count). The minimum atomic E-state index is -0.253. The predicted molar refractivity (Wildman–Crippen MR) is 68.3 cm³/mol. The highest BCUT2D eigenvalue weighted by Gasteiger charge is 2.31. The Morgan fingerprint density at radius 2 is 2.22 bits per heavy atom. The fraction of sp³-hybridized carbons (Fsp3) is 0.571. The lowest BCUT2D eigenvalue weighted by Crippen LogP contribution is -2.30. The maximum absolute atomic E-state index is 14.0. The Hall–Kier alpha value is -1.13. The topological polar surface area (TPSA) is 30.5 Å². The molecule has 0 aliphatic carbocycles. The molecule has 3 atom stereocenters. The smallest absolute Gasteiger partial charge is 0.131 e. The zero-order valence-electron chi connectivity index (χ0n) is 11.1. The Morgan fingerprint density at radius 1 is 1.44 bits per heavy atom. The van der Waals surface area contributed by atoms with E-state index in [1.165, 1.54) is 13.2 Å². The summed E-state index contributed by atoms with van der Waals surface area (Å²) in [5.74, 6) is 0.281. The van der Waals surface area contributed by atoms with Gasteiger partial charge in [-0.25, -0.2) is 4.39 Å². The third-order valence-electron chi connectivity index (χ3n) is 3.49. The summed E-state index contributed by atoms with van der Waals surface area (Å²) in [5, 5.41) is 3.15. The van der Waals surface area contributed by atoms with E-state index in [-0.39, 0.29) is 24.1 Å². The van der Waals surface area contributed by atoms with Crippen molar-refractivity contribution in [2.45, 2.75) is 38.0 Å². The maximum atomic E-state index is 14.0. The average molecular weight is 253 g/mol. The van der Waals surface area contributed by atoms with Crippen LogP contribution in [0, 0.1) is 5.82 Å². The number of hydrogen-bond donors (Lipinski definition) is 1. The third kappa shape index (κ3) is 2.65. The summed E-state index contributed by atoms with van der Waals surface area (Å²) >= 11 is 0. The molecule has 1 heterocycles. The number of hydrogen-bond acceptors (Lipinski definition) is 3. The molecule has 1 saturated heterocycles. The van der Waals surface area contributed by atoms with Crippen LogP contribution < -0.4 is 10.1 Å². The van der Waals surface area contributed by atoms with E-state index >= 15 is 0 Å². The van der Waals surface area contributed by atoms with Crippen LogP contribution in [0.5, 0.6) is 5.75 Å². The Kier molecular flexibility index (Phi) is 4.19. The Labute approximate surface area is 107 Å². The fourth-order valence-electron chi connectivity index (χ4n) is 2.51. The van der Waals surface area contributed by atoms with E-state index in [9.17, 15) is 4.39 Å². The van der Waals surface area contributed by atoms with Crippen LogP contribution in [-0.2, 0) is 4.74 Å². The number of ether oxygens (including phenoxy) is 2. The van der Waals surface area contributed by atoms with Crippen LogP contribution >= 0.6 is 0 Å². The normalized spacial score (nSPS) is 25.1. The molecule has 1 aliphatic rings. The average Bonchev–Trinajstić information content (AvgIpc) is 2.78. The first-order chi connectivity index (χ1) is 8.65. The molecule has 1 aromatic rings. The van der Waals surface area contributed by atoms with Gasteiger partial charge in [0.05, 0.1) is 25.4 Å². The zero-order chi connectivity index (χ0) is 13.1. The summed E-state index contributed by atoms with van der Waals surface area (Å²) in [7, 11) is 3.37. The van der Waals surface area contributed by atoms with Crippen LogP contribution in [0.2, 0.25) is 0 Å². The van der Waals surface area contributed by atoms with Crippen molar-refractivity contribution in [3.05, 3.63) is 29.6 Å². The van der Waals surface area contributed by atoms with Crippen molar-refractivity contribution in [1.29, 1.82) is 0 Å². The number of benzene rings is 1. The van der Waals surface area contributed by atoms with E-state index in [1.54, 1.807) is 12.1 Å². The number of methoxy groups -OCH3 is 1. The molecule has 4 heteroatoms. The molecule has 1 N–H and O–H groups in total. The van der Waals surface area contributed by atoms with Gasteiger partial charge in [0.15, 0.2) is 0 Å². The molecule has 1 aromatic carbocycles. The quantitative estimate of drug-likeness (QED) is 0.895. The van der Waals surface area contributed by atoms with Crippen molar-refractivity contribution in [3.63, 3.8) is 0 Å². The predicted octanol–water partition coefficient (Wildman–Crippen LogP) is 2.66. The second-order valence-electron chi connectivity index (χ2n) is 4.72. The van der Waals surface area contributed by atoms with Crippen LogP contribution in [0.15, 0.2) is 18.2 Å². The Morgan fingerprint density at radius 3 is 2.72 bits per heavy atom. The second-order valence-corrected chi connectivity index (χ2v) is 4.72. The van der Waals surface area contributed by atoms with Gasteiger partial charge in [-0.2, -0.15) is 0 Å². The highest BCUT2D eigenvalue weighted by Crippen LogP contribution is 2.32. The highest BCUT2D eigenvalue weighted by atomic mass is 19.1. The molecule has 3 nitrogen and oxygen atoms in total. The molecule has 0 bridgehead atoms. The van der Waals surface area contributed by atoms with E-state index in [0.717, 1.165) is 12.8 Å². The minimum absolute atomic E-state index is 0.0351. The molecule has 0 saturated carbocycles. The molecule has 0 spiro atoms. The van der Waals surface area contributed by atoms with Crippen molar-refractivity contribution in [2.24, 2.45) is 0 Å². The number of nitrogens with one attached hydrogen (secondary N) is 1. The molecule has 100 valence electrons. The van der Waals surface area contributed by atoms with Gasteiger partial charge in [-0.05, 0) is 32.9 Å². The van der Waals surface area contributed by atoms with E-state index < -0.39 is 0 Å². The molecule has 3 unspecified atom stereocenters. The molecule has 18 heavy (non-hydrogen) atoms. The number of likely N-dealkylation sites (N-methyl/N-ethyl adjacent to an activating group) is 1. The van der Waals surface area contributed by atoms with E-state index in [0.29, 0.717) is 11.3 Å². The molecule has 1 fully saturated rings. The summed E-state index contributed by atoms with van der Waals surface area (Å²) in [6.45, 7) is 2.05. The van der Waals surface area contributed by atoms with Crippen molar-refractivity contribution < 1.29 is 13.9 Å². The van der Waals surface area contributed by atoms with E-state index in [2.05, 4.69) is 12.2 Å². The van der Waals surface area contributed by atoms with E-state index in [1.807, 2.05) is 7.05 Å². The van der Waals surface area contributed by atoms with Gasteiger partial charge in [-0.3, -0.25) is 0 Å². The first-order valence-corrected chi connectivity index (χ1v) is 6.32. The minimum Gasteiger partial charge on any atom is -0.497 e. The number of rotatable bonds is 4. The van der Waals surface area contributed by atoms with Crippen LogP contribution in [0.3, 0.4) is 0 Å². The molecule has 0 radical (unpaired) electrons. The van der Waals surface area contributed by atoms with Crippen LogP contribution in [0.1, 0.15) is 31.4 Å². The largest absolute Gasteiger partial charge is 0.497 e. The van der Waals surface area contributed by atoms with Gasteiger partial charge in [0, 0.05) is 11.6 Å². The first-order valence-electron chi connectivity index (χ1n) is 6.32. The molecular weight excluding hydrogens is 233 g/mol. The third-order valence-corrected chi connectivity index (χ3v) is 3.49. The van der Waals surface area contributed by atoms with Gasteiger partial charge in [0.2, 0.25) is 0 Å². The van der Waals surface area contributed by atoms with Gasteiger partial charge in [0.1, 0.15) is 11.6 Å². The van der Waals surface area contributed by atoms with E-state index in [4.69, 9.17) is 9.47 Å². The summed E-state index contributed by atoms with van der Waals surface area (Å²) in [4.78, 5) is 0. The maximum Gasteiger partial charge on any atom is 0.131 e. The molecule has 0 aromatic heterocycles. The van der Waals surface area contributed by atoms with Crippen molar-refractivity contribution >= 4 is 0 Å². The molecule has 1 aliphatic heterocycles. The van der Waals surface area contributed by atoms with Gasteiger partial charge >= 0.3 is 0 Å². The summed E-state index contributed by atoms with van der Waals surface area (Å²) < 4.78 is 24.9. The van der Waals surface area contributed by atoms with Gasteiger partial charge in [-0.1, -0.05) is 6.07 Å². The standard InChI is InChI=1S/C14H20FNO2/c1-9-4-7-13(18-9)14(16-2)11-6-5-10(17-3)8-12(11)15/h5-6,8-9,13-14,16H,4,7H2,1-3H3. The first kappa shape index (κ1) is 13.3. The van der Waals surface area contributed by atoms with Crippen molar-refractivity contribution in [3.8, 4) is 5.75 Å². The summed E-state index contributed by atoms with van der Waals surface area (Å²) in [6.07, 6.45) is 2.28. The van der Waals surface area contributed by atoms with Gasteiger partial charge in [-0.15, -0.1) is 0 Å². The van der Waals surface area contributed by atoms with Gasteiger partial charge < -0.3 is 14.8 Å². The SMILES string of the molecule is CNC(c1ccc(OC)cc1F)C1CCC(C)O1. The van der Waals surface area contributed by atoms with Crippen molar-refractivity contribution in [1.82, 2.24) is 5.32 Å². The molecule has 0 amide bonds. The second kappa shape index (κ2) is 5.67. The summed E-state index contributed by atoms with van der Waals surface area (Å²) in [6, 6.07) is 4.85. The lowest BCUT2D eigenvalue weighted by atomic mass is 9.98.